The molecule has 5 nitrogen and oxygen atoms in total. The van der Waals surface area contributed by atoms with Crippen LogP contribution in [0.5, 0.6) is 0 Å². The van der Waals surface area contributed by atoms with Gasteiger partial charge in [-0.05, 0) is 56.5 Å². The summed E-state index contributed by atoms with van der Waals surface area (Å²) in [5, 5.41) is 13.3. The number of carbonyl (C=O) groups is 2. The largest absolute Gasteiger partial charge is 0.372 e. The molecule has 0 spiro atoms. The van der Waals surface area contributed by atoms with Crippen LogP contribution in [-0.4, -0.2) is 21.9 Å². The number of rotatable bonds is 6. The highest BCUT2D eigenvalue weighted by atomic mass is 16.3. The van der Waals surface area contributed by atoms with Gasteiger partial charge in [-0.2, -0.15) is 0 Å². The number of hydrogen-bond acceptors (Lipinski definition) is 3. The molecule has 0 bridgehead atoms. The SMILES string of the molecule is Cc1ccc([C@H](C)N(NC(=O)C(O)(c2ccc(C)cc2)c2ccc(C)cc2)C(=O)c2ccccc2)cc1. The second kappa shape index (κ2) is 10.8. The third-order valence-electron chi connectivity index (χ3n) is 6.68. The molecule has 1 atom stereocenters. The maximum absolute atomic E-state index is 14.0. The number of hydrazine groups is 1. The Bertz CT molecular complexity index is 1320. The third-order valence-corrected chi connectivity index (χ3v) is 6.68. The zero-order valence-electron chi connectivity index (χ0n) is 21.6. The summed E-state index contributed by atoms with van der Waals surface area (Å²) < 4.78 is 0. The van der Waals surface area contributed by atoms with Crippen LogP contribution in [0.25, 0.3) is 0 Å². The number of nitrogens with one attached hydrogen (secondary N) is 1. The van der Waals surface area contributed by atoms with E-state index in [4.69, 9.17) is 0 Å². The molecule has 0 radical (unpaired) electrons. The van der Waals surface area contributed by atoms with Gasteiger partial charge >= 0.3 is 0 Å². The van der Waals surface area contributed by atoms with Crippen LogP contribution < -0.4 is 5.43 Å². The van der Waals surface area contributed by atoms with Gasteiger partial charge in [0.05, 0.1) is 6.04 Å². The summed E-state index contributed by atoms with van der Waals surface area (Å²) in [6.07, 6.45) is 0. The van der Waals surface area contributed by atoms with E-state index in [0.717, 1.165) is 22.3 Å². The molecule has 5 heteroatoms. The fourth-order valence-corrected chi connectivity index (χ4v) is 4.25. The smallest absolute Gasteiger partial charge is 0.279 e. The summed E-state index contributed by atoms with van der Waals surface area (Å²) in [5.74, 6) is -1.10. The molecular formula is C32H32N2O3. The summed E-state index contributed by atoms with van der Waals surface area (Å²) in [5.41, 5.74) is 5.97. The molecule has 188 valence electrons. The second-order valence-electron chi connectivity index (χ2n) is 9.51. The van der Waals surface area contributed by atoms with E-state index in [2.05, 4.69) is 5.43 Å². The lowest BCUT2D eigenvalue weighted by Crippen LogP contribution is -2.55. The summed E-state index contributed by atoms with van der Waals surface area (Å²) in [4.78, 5) is 27.7. The monoisotopic (exact) mass is 492 g/mol. The highest BCUT2D eigenvalue weighted by Gasteiger charge is 2.42. The molecule has 2 N–H and O–H groups in total. The van der Waals surface area contributed by atoms with E-state index in [0.29, 0.717) is 16.7 Å². The number of aliphatic hydroxyl groups is 1. The van der Waals surface area contributed by atoms with Gasteiger partial charge in [0.1, 0.15) is 0 Å². The van der Waals surface area contributed by atoms with Gasteiger partial charge in [-0.3, -0.25) is 15.0 Å². The molecule has 0 heterocycles. The summed E-state index contributed by atoms with van der Waals surface area (Å²) in [6.45, 7) is 7.73. The summed E-state index contributed by atoms with van der Waals surface area (Å²) in [7, 11) is 0. The minimum absolute atomic E-state index is 0.378. The van der Waals surface area contributed by atoms with Crippen LogP contribution in [0.3, 0.4) is 0 Å². The molecule has 0 saturated heterocycles. The fourth-order valence-electron chi connectivity index (χ4n) is 4.25. The van der Waals surface area contributed by atoms with Gasteiger partial charge in [0, 0.05) is 5.56 Å². The average molecular weight is 493 g/mol. The molecule has 0 fully saturated rings. The first-order valence-corrected chi connectivity index (χ1v) is 12.3. The minimum atomic E-state index is -2.02. The quantitative estimate of drug-likeness (QED) is 0.335. The van der Waals surface area contributed by atoms with Crippen LogP contribution in [0.2, 0.25) is 0 Å². The zero-order valence-corrected chi connectivity index (χ0v) is 21.6. The first-order valence-electron chi connectivity index (χ1n) is 12.3. The molecular weight excluding hydrogens is 460 g/mol. The maximum Gasteiger partial charge on any atom is 0.279 e. The van der Waals surface area contributed by atoms with Crippen molar-refractivity contribution in [1.29, 1.82) is 0 Å². The normalized spacial score (nSPS) is 12.0. The molecule has 4 aromatic carbocycles. The Morgan fingerprint density at radius 2 is 1.14 bits per heavy atom. The molecule has 2 amide bonds. The van der Waals surface area contributed by atoms with Crippen LogP contribution in [0.15, 0.2) is 103 Å². The number of carbonyl (C=O) groups excluding carboxylic acids is 2. The van der Waals surface area contributed by atoms with Gasteiger partial charge in [-0.25, -0.2) is 5.01 Å². The van der Waals surface area contributed by atoms with Gasteiger partial charge in [0.15, 0.2) is 5.60 Å². The van der Waals surface area contributed by atoms with E-state index < -0.39 is 17.6 Å². The third kappa shape index (κ3) is 5.47. The number of aryl methyl sites for hydroxylation is 3. The first kappa shape index (κ1) is 25.9. The van der Waals surface area contributed by atoms with Crippen LogP contribution in [0.4, 0.5) is 0 Å². The Morgan fingerprint density at radius 3 is 1.59 bits per heavy atom. The topological polar surface area (TPSA) is 69.6 Å². The van der Waals surface area contributed by atoms with Gasteiger partial charge in [0.2, 0.25) is 0 Å². The maximum atomic E-state index is 14.0. The lowest BCUT2D eigenvalue weighted by Gasteiger charge is -2.35. The standard InChI is InChI=1S/C32H32N2O3/c1-22-10-16-26(17-11-22)25(4)34(30(35)27-8-6-5-7-9-27)33-31(36)32(37,28-18-12-23(2)13-19-28)29-20-14-24(3)15-21-29/h5-21,25,37H,1-4H3,(H,33,36)/t25-/m0/s1. The molecule has 0 aliphatic carbocycles. The lowest BCUT2D eigenvalue weighted by atomic mass is 9.85. The van der Waals surface area contributed by atoms with E-state index in [1.165, 1.54) is 5.01 Å². The Labute approximate surface area is 218 Å². The van der Waals surface area contributed by atoms with Crippen LogP contribution in [0, 0.1) is 20.8 Å². The van der Waals surface area contributed by atoms with Crippen molar-refractivity contribution < 1.29 is 14.7 Å². The highest BCUT2D eigenvalue weighted by Crippen LogP contribution is 2.32. The molecule has 0 aliphatic rings. The average Bonchev–Trinajstić information content (AvgIpc) is 2.92. The lowest BCUT2D eigenvalue weighted by molar-refractivity contribution is -0.141. The van der Waals surface area contributed by atoms with E-state index in [9.17, 15) is 14.7 Å². The zero-order chi connectivity index (χ0) is 26.6. The second-order valence-corrected chi connectivity index (χ2v) is 9.51. The summed E-state index contributed by atoms with van der Waals surface area (Å²) in [6, 6.07) is 30.4. The van der Waals surface area contributed by atoms with E-state index in [-0.39, 0.29) is 5.91 Å². The van der Waals surface area contributed by atoms with Crippen molar-refractivity contribution in [2.45, 2.75) is 39.3 Å². The Kier molecular flexibility index (Phi) is 7.55. The number of hydrogen-bond donors (Lipinski definition) is 2. The molecule has 0 aromatic heterocycles. The number of benzene rings is 4. The molecule has 37 heavy (non-hydrogen) atoms. The molecule has 4 rings (SSSR count). The fraction of sp³-hybridized carbons (Fsp3) is 0.188. The van der Waals surface area contributed by atoms with Gasteiger partial charge in [-0.15, -0.1) is 0 Å². The van der Waals surface area contributed by atoms with Gasteiger partial charge in [-0.1, -0.05) is 108 Å². The highest BCUT2D eigenvalue weighted by molar-refractivity contribution is 5.97. The van der Waals surface area contributed by atoms with Crippen molar-refractivity contribution in [1.82, 2.24) is 10.4 Å². The van der Waals surface area contributed by atoms with Gasteiger partial charge in [0.25, 0.3) is 11.8 Å². The first-order chi connectivity index (χ1) is 17.7. The Hall–Kier alpha value is -4.22. The van der Waals surface area contributed by atoms with Crippen molar-refractivity contribution in [2.24, 2.45) is 0 Å². The number of nitrogens with zero attached hydrogens (tertiary/aromatic N) is 1. The van der Waals surface area contributed by atoms with Crippen LogP contribution in [0.1, 0.15) is 56.7 Å². The van der Waals surface area contributed by atoms with E-state index in [1.807, 2.05) is 82.3 Å². The van der Waals surface area contributed by atoms with E-state index >= 15 is 0 Å². The van der Waals surface area contributed by atoms with Crippen molar-refractivity contribution in [2.75, 3.05) is 0 Å². The van der Waals surface area contributed by atoms with Crippen molar-refractivity contribution in [3.63, 3.8) is 0 Å². The van der Waals surface area contributed by atoms with E-state index in [1.54, 1.807) is 48.5 Å². The van der Waals surface area contributed by atoms with Crippen molar-refractivity contribution in [3.05, 3.63) is 142 Å². The Morgan fingerprint density at radius 1 is 0.703 bits per heavy atom. The van der Waals surface area contributed by atoms with Gasteiger partial charge < -0.3 is 5.11 Å². The van der Waals surface area contributed by atoms with Crippen LogP contribution in [-0.2, 0) is 10.4 Å². The predicted molar refractivity (Wildman–Crippen MR) is 146 cm³/mol. The Balaban J connectivity index is 1.78. The molecule has 0 aliphatic heterocycles. The molecule has 0 saturated carbocycles. The number of amides is 2. The summed E-state index contributed by atoms with van der Waals surface area (Å²) >= 11 is 0. The van der Waals surface area contributed by atoms with Crippen LogP contribution >= 0.6 is 0 Å². The molecule has 4 aromatic rings. The molecule has 0 unspecified atom stereocenters. The minimum Gasteiger partial charge on any atom is -0.372 e. The predicted octanol–water partition coefficient (Wildman–Crippen LogP) is 5.78. The van der Waals surface area contributed by atoms with Crippen molar-refractivity contribution >= 4 is 11.8 Å². The van der Waals surface area contributed by atoms with Crippen molar-refractivity contribution in [3.8, 4) is 0 Å².